The number of ether oxygens (including phenoxy) is 2. The van der Waals surface area contributed by atoms with Crippen molar-refractivity contribution >= 4 is 5.97 Å². The summed E-state index contributed by atoms with van der Waals surface area (Å²) < 4.78 is 10.8. The second-order valence-electron chi connectivity index (χ2n) is 7.94. The van der Waals surface area contributed by atoms with E-state index in [1.807, 2.05) is 18.2 Å². The van der Waals surface area contributed by atoms with E-state index < -0.39 is 0 Å². The Labute approximate surface area is 178 Å². The number of benzene rings is 1. The van der Waals surface area contributed by atoms with Gasteiger partial charge in [0, 0.05) is 6.42 Å². The second-order valence-corrected chi connectivity index (χ2v) is 7.94. The molecule has 0 saturated heterocycles. The first-order valence-corrected chi connectivity index (χ1v) is 11.7. The van der Waals surface area contributed by atoms with E-state index >= 15 is 0 Å². The van der Waals surface area contributed by atoms with E-state index in [1.165, 1.54) is 70.6 Å². The van der Waals surface area contributed by atoms with Gasteiger partial charge in [0.05, 0.1) is 7.11 Å². The van der Waals surface area contributed by atoms with Gasteiger partial charge in [-0.1, -0.05) is 96.1 Å². The van der Waals surface area contributed by atoms with E-state index in [0.717, 1.165) is 24.8 Å². The summed E-state index contributed by atoms with van der Waals surface area (Å²) in [6.45, 7) is 6.01. The third-order valence-electron chi connectivity index (χ3n) is 5.32. The normalized spacial score (nSPS) is 10.7. The highest BCUT2D eigenvalue weighted by Crippen LogP contribution is 2.29. The molecule has 3 heteroatoms. The van der Waals surface area contributed by atoms with Crippen molar-refractivity contribution in [2.24, 2.45) is 0 Å². The van der Waals surface area contributed by atoms with Gasteiger partial charge in [0.1, 0.15) is 0 Å². The van der Waals surface area contributed by atoms with Crippen LogP contribution < -0.4 is 9.47 Å². The maximum Gasteiger partial charge on any atom is 0.311 e. The number of methoxy groups -OCH3 is 1. The molecule has 0 unspecified atom stereocenters. The Balaban J connectivity index is 2.05. The van der Waals surface area contributed by atoms with Gasteiger partial charge in [0.15, 0.2) is 11.5 Å². The first kappa shape index (κ1) is 25.3. The first-order valence-electron chi connectivity index (χ1n) is 11.7. The number of carbonyl (C=O) groups is 1. The van der Waals surface area contributed by atoms with Crippen LogP contribution >= 0.6 is 0 Å². The Morgan fingerprint density at radius 3 is 1.93 bits per heavy atom. The number of allylic oxidation sites excluding steroid dienone is 1. The Morgan fingerprint density at radius 2 is 1.41 bits per heavy atom. The SMILES string of the molecule is C=CCc1ccc(OC(=O)CCCCCCCCCCCCCCC)c(OC)c1. The fraction of sp³-hybridized carbons (Fsp3) is 0.654. The molecule has 0 aliphatic carbocycles. The standard InChI is InChI=1S/C26H42O3/c1-4-6-7-8-9-10-11-12-13-14-15-16-17-19-26(27)29-24-21-20-23(18-5-2)22-25(24)28-3/h5,20-22H,2,4,6-19H2,1,3H3. The number of carbonyl (C=O) groups excluding carboxylic acids is 1. The van der Waals surface area contributed by atoms with Crippen molar-refractivity contribution in [1.82, 2.24) is 0 Å². The van der Waals surface area contributed by atoms with Gasteiger partial charge in [-0.2, -0.15) is 0 Å². The average molecular weight is 403 g/mol. The van der Waals surface area contributed by atoms with Crippen molar-refractivity contribution in [2.75, 3.05) is 7.11 Å². The summed E-state index contributed by atoms with van der Waals surface area (Å²) >= 11 is 0. The van der Waals surface area contributed by atoms with E-state index in [-0.39, 0.29) is 5.97 Å². The van der Waals surface area contributed by atoms with Gasteiger partial charge in [-0.15, -0.1) is 6.58 Å². The second kappa shape index (κ2) is 17.1. The largest absolute Gasteiger partial charge is 0.493 e. The zero-order chi connectivity index (χ0) is 21.2. The van der Waals surface area contributed by atoms with Crippen LogP contribution in [0.25, 0.3) is 0 Å². The lowest BCUT2D eigenvalue weighted by Crippen LogP contribution is -2.08. The van der Waals surface area contributed by atoms with Crippen LogP contribution in [0.1, 0.15) is 102 Å². The average Bonchev–Trinajstić information content (AvgIpc) is 2.72. The lowest BCUT2D eigenvalue weighted by atomic mass is 10.0. The predicted octanol–water partition coefficient (Wildman–Crippen LogP) is 7.81. The maximum atomic E-state index is 12.1. The van der Waals surface area contributed by atoms with Crippen LogP contribution in [0.2, 0.25) is 0 Å². The third-order valence-corrected chi connectivity index (χ3v) is 5.32. The van der Waals surface area contributed by atoms with Crippen molar-refractivity contribution in [1.29, 1.82) is 0 Å². The van der Waals surface area contributed by atoms with Crippen LogP contribution in [0.3, 0.4) is 0 Å². The zero-order valence-electron chi connectivity index (χ0n) is 18.8. The van der Waals surface area contributed by atoms with Crippen molar-refractivity contribution < 1.29 is 14.3 Å². The number of hydrogen-bond donors (Lipinski definition) is 0. The van der Waals surface area contributed by atoms with Crippen LogP contribution in [0, 0.1) is 0 Å². The number of rotatable bonds is 18. The number of unbranched alkanes of at least 4 members (excludes halogenated alkanes) is 12. The van der Waals surface area contributed by atoms with Gasteiger partial charge in [0.2, 0.25) is 0 Å². The molecule has 0 spiro atoms. The van der Waals surface area contributed by atoms with Gasteiger partial charge >= 0.3 is 5.97 Å². The lowest BCUT2D eigenvalue weighted by Gasteiger charge is -2.10. The van der Waals surface area contributed by atoms with Crippen molar-refractivity contribution in [3.8, 4) is 11.5 Å². The molecule has 164 valence electrons. The van der Waals surface area contributed by atoms with Crippen LogP contribution in [-0.2, 0) is 11.2 Å². The molecule has 1 aromatic rings. The molecule has 29 heavy (non-hydrogen) atoms. The van der Waals surface area contributed by atoms with Crippen LogP contribution in [0.4, 0.5) is 0 Å². The summed E-state index contributed by atoms with van der Waals surface area (Å²) in [5.41, 5.74) is 1.09. The molecule has 1 aromatic carbocycles. The highest BCUT2D eigenvalue weighted by Gasteiger charge is 2.10. The smallest absolute Gasteiger partial charge is 0.311 e. The molecular formula is C26H42O3. The monoisotopic (exact) mass is 402 g/mol. The van der Waals surface area contributed by atoms with E-state index in [1.54, 1.807) is 13.2 Å². The highest BCUT2D eigenvalue weighted by atomic mass is 16.6. The predicted molar refractivity (Wildman–Crippen MR) is 123 cm³/mol. The molecule has 0 atom stereocenters. The number of hydrogen-bond acceptors (Lipinski definition) is 3. The number of esters is 1. The van der Waals surface area contributed by atoms with Crippen LogP contribution in [-0.4, -0.2) is 13.1 Å². The Bertz CT molecular complexity index is 565. The summed E-state index contributed by atoms with van der Waals surface area (Å²) in [6.07, 6.45) is 20.0. The Kier molecular flexibility index (Phi) is 14.9. The van der Waals surface area contributed by atoms with Crippen LogP contribution in [0.15, 0.2) is 30.9 Å². The molecule has 0 aliphatic rings. The van der Waals surface area contributed by atoms with Gasteiger partial charge in [-0.05, 0) is 30.5 Å². The molecule has 0 fully saturated rings. The van der Waals surface area contributed by atoms with Gasteiger partial charge < -0.3 is 9.47 Å². The fourth-order valence-corrected chi connectivity index (χ4v) is 3.55. The molecule has 0 heterocycles. The lowest BCUT2D eigenvalue weighted by molar-refractivity contribution is -0.134. The fourth-order valence-electron chi connectivity index (χ4n) is 3.55. The molecule has 0 radical (unpaired) electrons. The third kappa shape index (κ3) is 12.4. The highest BCUT2D eigenvalue weighted by molar-refractivity contribution is 5.73. The van der Waals surface area contributed by atoms with E-state index in [4.69, 9.17) is 9.47 Å². The molecule has 0 amide bonds. The van der Waals surface area contributed by atoms with E-state index in [0.29, 0.717) is 17.9 Å². The van der Waals surface area contributed by atoms with Crippen molar-refractivity contribution in [3.63, 3.8) is 0 Å². The summed E-state index contributed by atoms with van der Waals surface area (Å²) in [5.74, 6) is 0.922. The van der Waals surface area contributed by atoms with Gasteiger partial charge in [0.25, 0.3) is 0 Å². The first-order chi connectivity index (χ1) is 14.2. The van der Waals surface area contributed by atoms with Gasteiger partial charge in [-0.25, -0.2) is 0 Å². The summed E-state index contributed by atoms with van der Waals surface area (Å²) in [6, 6.07) is 5.65. The maximum absolute atomic E-state index is 12.1. The summed E-state index contributed by atoms with van der Waals surface area (Å²) in [4.78, 5) is 12.1. The Hall–Kier alpha value is -1.77. The van der Waals surface area contributed by atoms with E-state index in [9.17, 15) is 4.79 Å². The van der Waals surface area contributed by atoms with Crippen molar-refractivity contribution in [3.05, 3.63) is 36.4 Å². The molecule has 0 aliphatic heterocycles. The zero-order valence-corrected chi connectivity index (χ0v) is 18.8. The quantitative estimate of drug-likeness (QED) is 0.109. The molecule has 3 nitrogen and oxygen atoms in total. The molecular weight excluding hydrogens is 360 g/mol. The molecule has 0 saturated carbocycles. The molecule has 0 bridgehead atoms. The molecule has 1 rings (SSSR count). The molecule has 0 aromatic heterocycles. The molecule has 0 N–H and O–H groups in total. The van der Waals surface area contributed by atoms with Gasteiger partial charge in [-0.3, -0.25) is 4.79 Å². The minimum absolute atomic E-state index is 0.178. The van der Waals surface area contributed by atoms with E-state index in [2.05, 4.69) is 13.5 Å². The topological polar surface area (TPSA) is 35.5 Å². The summed E-state index contributed by atoms with van der Waals surface area (Å²) in [5, 5.41) is 0. The minimum Gasteiger partial charge on any atom is -0.493 e. The van der Waals surface area contributed by atoms with Crippen molar-refractivity contribution in [2.45, 2.75) is 103 Å². The summed E-state index contributed by atoms with van der Waals surface area (Å²) in [7, 11) is 1.59. The van der Waals surface area contributed by atoms with Crippen LogP contribution in [0.5, 0.6) is 11.5 Å². The minimum atomic E-state index is -0.178. The Morgan fingerprint density at radius 1 is 0.862 bits per heavy atom.